The second-order valence-corrected chi connectivity index (χ2v) is 8.10. The fraction of sp³-hybridized carbons (Fsp3) is 0.286. The molecule has 0 bridgehead atoms. The standard InChI is InChI=1S/C21H21N3O3S/c1-13(19(25)22-14-7-11-16(27-2)12-8-14)28-21-23-18-6-4-3-5-17(18)20(26)24(21)15-9-10-15/h3-8,11-13,15H,9-10H2,1-2H3,(H,22,25)/t13-/m0/s1. The first-order valence-corrected chi connectivity index (χ1v) is 10.1. The molecule has 1 saturated carbocycles. The van der Waals surface area contributed by atoms with E-state index in [0.717, 1.165) is 18.6 Å². The molecule has 1 atom stereocenters. The number of nitrogens with one attached hydrogen (secondary N) is 1. The number of rotatable bonds is 6. The molecule has 0 spiro atoms. The summed E-state index contributed by atoms with van der Waals surface area (Å²) in [6, 6.07) is 14.7. The van der Waals surface area contributed by atoms with Crippen molar-refractivity contribution in [2.24, 2.45) is 0 Å². The molecule has 1 fully saturated rings. The van der Waals surface area contributed by atoms with E-state index in [1.54, 1.807) is 42.0 Å². The summed E-state index contributed by atoms with van der Waals surface area (Å²) < 4.78 is 6.89. The molecule has 3 aromatic rings. The molecule has 1 heterocycles. The number of hydrogen-bond donors (Lipinski definition) is 1. The summed E-state index contributed by atoms with van der Waals surface area (Å²) >= 11 is 1.32. The van der Waals surface area contributed by atoms with Gasteiger partial charge >= 0.3 is 0 Å². The van der Waals surface area contributed by atoms with Gasteiger partial charge in [-0.2, -0.15) is 0 Å². The highest BCUT2D eigenvalue weighted by molar-refractivity contribution is 8.00. The van der Waals surface area contributed by atoms with Crippen molar-refractivity contribution in [1.82, 2.24) is 9.55 Å². The van der Waals surface area contributed by atoms with Crippen LogP contribution in [0.3, 0.4) is 0 Å². The van der Waals surface area contributed by atoms with Crippen LogP contribution in [0, 0.1) is 0 Å². The second kappa shape index (κ2) is 7.67. The number of para-hydroxylation sites is 1. The maximum atomic E-state index is 12.9. The van der Waals surface area contributed by atoms with E-state index in [-0.39, 0.29) is 17.5 Å². The lowest BCUT2D eigenvalue weighted by Gasteiger charge is -2.16. The van der Waals surface area contributed by atoms with Gasteiger partial charge in [0.1, 0.15) is 5.75 Å². The van der Waals surface area contributed by atoms with E-state index in [9.17, 15) is 9.59 Å². The molecule has 1 aliphatic carbocycles. The average Bonchev–Trinajstić information content (AvgIpc) is 3.53. The van der Waals surface area contributed by atoms with Crippen molar-refractivity contribution in [3.05, 3.63) is 58.9 Å². The lowest BCUT2D eigenvalue weighted by molar-refractivity contribution is -0.115. The fourth-order valence-electron chi connectivity index (χ4n) is 2.99. The highest BCUT2D eigenvalue weighted by Gasteiger charge is 2.30. The topological polar surface area (TPSA) is 73.2 Å². The zero-order valence-electron chi connectivity index (χ0n) is 15.7. The number of ether oxygens (including phenoxy) is 1. The van der Waals surface area contributed by atoms with Gasteiger partial charge in [-0.25, -0.2) is 4.98 Å². The van der Waals surface area contributed by atoms with Crippen LogP contribution in [0.5, 0.6) is 5.75 Å². The molecule has 0 aliphatic heterocycles. The van der Waals surface area contributed by atoms with E-state index in [1.165, 1.54) is 11.8 Å². The molecule has 0 radical (unpaired) electrons. The number of anilines is 1. The van der Waals surface area contributed by atoms with Crippen molar-refractivity contribution in [2.75, 3.05) is 12.4 Å². The molecule has 4 rings (SSSR count). The van der Waals surface area contributed by atoms with Gasteiger partial charge in [-0.3, -0.25) is 14.2 Å². The number of aromatic nitrogens is 2. The summed E-state index contributed by atoms with van der Waals surface area (Å²) in [6.45, 7) is 1.82. The summed E-state index contributed by atoms with van der Waals surface area (Å²) in [4.78, 5) is 30.2. The van der Waals surface area contributed by atoms with Gasteiger partial charge in [-0.05, 0) is 56.2 Å². The van der Waals surface area contributed by atoms with Crippen LogP contribution in [0.2, 0.25) is 0 Å². The fourth-order valence-corrected chi connectivity index (χ4v) is 3.97. The van der Waals surface area contributed by atoms with Crippen LogP contribution in [0.1, 0.15) is 25.8 Å². The lowest BCUT2D eigenvalue weighted by Crippen LogP contribution is -2.26. The summed E-state index contributed by atoms with van der Waals surface area (Å²) in [7, 11) is 1.60. The van der Waals surface area contributed by atoms with Crippen LogP contribution < -0.4 is 15.6 Å². The first-order chi connectivity index (χ1) is 13.6. The number of thioether (sulfide) groups is 1. The molecule has 1 aromatic heterocycles. The third-order valence-electron chi connectivity index (χ3n) is 4.70. The molecule has 144 valence electrons. The van der Waals surface area contributed by atoms with Gasteiger partial charge in [0.2, 0.25) is 5.91 Å². The van der Waals surface area contributed by atoms with Crippen molar-refractivity contribution >= 4 is 34.3 Å². The molecular formula is C21H21N3O3S. The minimum Gasteiger partial charge on any atom is -0.497 e. The predicted octanol–water partition coefficient (Wildman–Crippen LogP) is 3.86. The molecule has 1 amide bonds. The Morgan fingerprint density at radius 3 is 2.61 bits per heavy atom. The van der Waals surface area contributed by atoms with E-state index in [2.05, 4.69) is 10.3 Å². The highest BCUT2D eigenvalue weighted by Crippen LogP contribution is 2.37. The smallest absolute Gasteiger partial charge is 0.262 e. The Balaban J connectivity index is 1.57. The molecule has 0 saturated heterocycles. The highest BCUT2D eigenvalue weighted by atomic mass is 32.2. The molecule has 2 aromatic carbocycles. The Bertz CT molecular complexity index is 1070. The monoisotopic (exact) mass is 395 g/mol. The van der Waals surface area contributed by atoms with E-state index in [4.69, 9.17) is 4.74 Å². The normalized spacial score (nSPS) is 14.6. The minimum atomic E-state index is -0.403. The maximum absolute atomic E-state index is 12.9. The molecule has 1 N–H and O–H groups in total. The number of methoxy groups -OCH3 is 1. The van der Waals surface area contributed by atoms with Gasteiger partial charge in [0.25, 0.3) is 5.56 Å². The predicted molar refractivity (Wildman–Crippen MR) is 111 cm³/mol. The van der Waals surface area contributed by atoms with Crippen LogP contribution in [0.25, 0.3) is 10.9 Å². The molecule has 6 nitrogen and oxygen atoms in total. The van der Waals surface area contributed by atoms with Crippen molar-refractivity contribution in [1.29, 1.82) is 0 Å². The Kier molecular flexibility index (Phi) is 5.09. The van der Waals surface area contributed by atoms with Crippen LogP contribution in [-0.2, 0) is 4.79 Å². The van der Waals surface area contributed by atoms with Crippen LogP contribution in [0.15, 0.2) is 58.5 Å². The Hall–Kier alpha value is -2.80. The second-order valence-electron chi connectivity index (χ2n) is 6.80. The molecule has 28 heavy (non-hydrogen) atoms. The SMILES string of the molecule is COc1ccc(NC(=O)[C@H](C)Sc2nc3ccccc3c(=O)n2C2CC2)cc1. The van der Waals surface area contributed by atoms with Gasteiger partial charge < -0.3 is 10.1 Å². The Morgan fingerprint density at radius 1 is 1.21 bits per heavy atom. The van der Waals surface area contributed by atoms with E-state index in [1.807, 2.05) is 25.1 Å². The summed E-state index contributed by atoms with van der Waals surface area (Å²) in [6.07, 6.45) is 1.94. The van der Waals surface area contributed by atoms with Crippen LogP contribution in [0.4, 0.5) is 5.69 Å². The third kappa shape index (κ3) is 3.75. The molecule has 1 aliphatic rings. The quantitative estimate of drug-likeness (QED) is 0.507. The summed E-state index contributed by atoms with van der Waals surface area (Å²) in [5.74, 6) is 0.592. The molecule has 0 unspecified atom stereocenters. The molecular weight excluding hydrogens is 374 g/mol. The van der Waals surface area contributed by atoms with Gasteiger partial charge in [-0.1, -0.05) is 23.9 Å². The van der Waals surface area contributed by atoms with Gasteiger partial charge in [0.05, 0.1) is 23.3 Å². The van der Waals surface area contributed by atoms with Crippen molar-refractivity contribution in [3.63, 3.8) is 0 Å². The zero-order chi connectivity index (χ0) is 19.7. The number of carbonyl (C=O) groups is 1. The first kappa shape index (κ1) is 18.6. The third-order valence-corrected chi connectivity index (χ3v) is 5.76. The van der Waals surface area contributed by atoms with Gasteiger partial charge in [0.15, 0.2) is 5.16 Å². The van der Waals surface area contributed by atoms with Crippen molar-refractivity contribution in [2.45, 2.75) is 36.2 Å². The Labute approximate surface area is 166 Å². The summed E-state index contributed by atoms with van der Waals surface area (Å²) in [5.41, 5.74) is 1.33. The van der Waals surface area contributed by atoms with Gasteiger partial charge in [0, 0.05) is 11.7 Å². The number of benzene rings is 2. The largest absolute Gasteiger partial charge is 0.497 e. The van der Waals surface area contributed by atoms with Crippen LogP contribution in [-0.4, -0.2) is 27.8 Å². The van der Waals surface area contributed by atoms with Gasteiger partial charge in [-0.15, -0.1) is 0 Å². The number of fused-ring (bicyclic) bond motifs is 1. The number of carbonyl (C=O) groups excluding carboxylic acids is 1. The van der Waals surface area contributed by atoms with E-state index >= 15 is 0 Å². The molecule has 7 heteroatoms. The zero-order valence-corrected chi connectivity index (χ0v) is 16.5. The maximum Gasteiger partial charge on any atom is 0.262 e. The van der Waals surface area contributed by atoms with E-state index in [0.29, 0.717) is 21.7 Å². The lowest BCUT2D eigenvalue weighted by atomic mass is 10.2. The van der Waals surface area contributed by atoms with Crippen molar-refractivity contribution in [3.8, 4) is 5.75 Å². The van der Waals surface area contributed by atoms with Crippen LogP contribution >= 0.6 is 11.8 Å². The number of nitrogens with zero attached hydrogens (tertiary/aromatic N) is 2. The summed E-state index contributed by atoms with van der Waals surface area (Å²) in [5, 5.41) is 3.72. The number of amides is 1. The van der Waals surface area contributed by atoms with E-state index < -0.39 is 5.25 Å². The number of hydrogen-bond acceptors (Lipinski definition) is 5. The first-order valence-electron chi connectivity index (χ1n) is 9.19. The Morgan fingerprint density at radius 2 is 1.93 bits per heavy atom. The average molecular weight is 395 g/mol. The minimum absolute atomic E-state index is 0.0293. The van der Waals surface area contributed by atoms with Crippen molar-refractivity contribution < 1.29 is 9.53 Å².